The summed E-state index contributed by atoms with van der Waals surface area (Å²) in [6.07, 6.45) is 0. The van der Waals surface area contributed by atoms with E-state index in [1.54, 1.807) is 12.1 Å². The van der Waals surface area contributed by atoms with Gasteiger partial charge >= 0.3 is 0 Å². The average Bonchev–Trinajstić information content (AvgIpc) is 2.30. The third kappa shape index (κ3) is 4.05. The van der Waals surface area contributed by atoms with Gasteiger partial charge in [-0.05, 0) is 38.0 Å². The molecule has 96 valence electrons. The Balaban J connectivity index is 2.75. The second kappa shape index (κ2) is 6.47. The summed E-state index contributed by atoms with van der Waals surface area (Å²) < 4.78 is 14.5. The van der Waals surface area contributed by atoms with Crippen LogP contribution in [0.3, 0.4) is 0 Å². The molecule has 0 saturated heterocycles. The van der Waals surface area contributed by atoms with Gasteiger partial charge in [0, 0.05) is 28.7 Å². The summed E-state index contributed by atoms with van der Waals surface area (Å²) in [5.41, 5.74) is 0.636. The first kappa shape index (κ1) is 14.6. The minimum absolute atomic E-state index is 0.0866. The van der Waals surface area contributed by atoms with E-state index in [1.165, 1.54) is 6.07 Å². The molecule has 0 amide bonds. The van der Waals surface area contributed by atoms with Gasteiger partial charge in [-0.2, -0.15) is 0 Å². The molecule has 1 aromatic rings. The van der Waals surface area contributed by atoms with Gasteiger partial charge < -0.3 is 10.4 Å². The van der Waals surface area contributed by atoms with Crippen molar-refractivity contribution in [3.8, 4) is 0 Å². The molecule has 0 aliphatic carbocycles. The zero-order chi connectivity index (χ0) is 13.0. The minimum atomic E-state index is -0.211. The van der Waals surface area contributed by atoms with Gasteiger partial charge in [-0.15, -0.1) is 0 Å². The van der Waals surface area contributed by atoms with Crippen LogP contribution in [0.2, 0.25) is 0 Å². The monoisotopic (exact) mass is 303 g/mol. The van der Waals surface area contributed by atoms with Crippen molar-refractivity contribution in [2.75, 3.05) is 6.61 Å². The van der Waals surface area contributed by atoms with E-state index in [4.69, 9.17) is 5.11 Å². The maximum absolute atomic E-state index is 13.6. The van der Waals surface area contributed by atoms with Crippen LogP contribution in [0, 0.1) is 11.7 Å². The third-order valence-corrected chi connectivity index (χ3v) is 3.57. The van der Waals surface area contributed by atoms with E-state index in [0.29, 0.717) is 5.56 Å². The molecule has 0 aliphatic rings. The maximum Gasteiger partial charge on any atom is 0.128 e. The summed E-state index contributed by atoms with van der Waals surface area (Å²) in [7, 11) is 0. The quantitative estimate of drug-likeness (QED) is 0.875. The van der Waals surface area contributed by atoms with Crippen LogP contribution in [0.25, 0.3) is 0 Å². The number of hydrogen-bond donors (Lipinski definition) is 2. The molecular formula is C13H19BrFNO. The fourth-order valence-corrected chi connectivity index (χ4v) is 2.03. The van der Waals surface area contributed by atoms with Gasteiger partial charge in [-0.1, -0.05) is 22.9 Å². The number of aliphatic hydroxyl groups is 1. The molecule has 4 heteroatoms. The number of benzene rings is 1. The van der Waals surface area contributed by atoms with Crippen molar-refractivity contribution >= 4 is 15.9 Å². The Morgan fingerprint density at radius 1 is 1.35 bits per heavy atom. The standard InChI is InChI=1S/C13H19BrFNO/c1-8(7-17)9(2)16-10(3)12-6-11(14)4-5-13(12)15/h4-6,8-10,16-17H,7H2,1-3H3. The first-order chi connectivity index (χ1) is 7.95. The lowest BCUT2D eigenvalue weighted by molar-refractivity contribution is 0.202. The predicted octanol–water partition coefficient (Wildman–Crippen LogP) is 3.26. The molecule has 3 unspecified atom stereocenters. The van der Waals surface area contributed by atoms with E-state index in [1.807, 2.05) is 20.8 Å². The highest BCUT2D eigenvalue weighted by atomic mass is 79.9. The first-order valence-corrected chi connectivity index (χ1v) is 6.56. The summed E-state index contributed by atoms with van der Waals surface area (Å²) in [5, 5.41) is 12.4. The maximum atomic E-state index is 13.6. The van der Waals surface area contributed by atoms with E-state index in [2.05, 4.69) is 21.2 Å². The van der Waals surface area contributed by atoms with Crippen LogP contribution >= 0.6 is 15.9 Å². The van der Waals surface area contributed by atoms with E-state index in [-0.39, 0.29) is 30.4 Å². The summed E-state index contributed by atoms with van der Waals surface area (Å²) in [6, 6.07) is 4.97. The van der Waals surface area contributed by atoms with Gasteiger partial charge in [0.25, 0.3) is 0 Å². The zero-order valence-electron chi connectivity index (χ0n) is 10.4. The molecule has 0 radical (unpaired) electrons. The van der Waals surface area contributed by atoms with Crippen LogP contribution in [-0.2, 0) is 0 Å². The van der Waals surface area contributed by atoms with E-state index in [0.717, 1.165) is 4.47 Å². The van der Waals surface area contributed by atoms with E-state index in [9.17, 15) is 4.39 Å². The normalized spacial score (nSPS) is 16.6. The second-order valence-corrected chi connectivity index (χ2v) is 5.42. The zero-order valence-corrected chi connectivity index (χ0v) is 12.0. The number of rotatable bonds is 5. The number of halogens is 2. The van der Waals surface area contributed by atoms with Crippen LogP contribution in [-0.4, -0.2) is 17.8 Å². The van der Waals surface area contributed by atoms with Crippen molar-refractivity contribution in [1.82, 2.24) is 5.32 Å². The molecule has 17 heavy (non-hydrogen) atoms. The first-order valence-electron chi connectivity index (χ1n) is 5.77. The summed E-state index contributed by atoms with van der Waals surface area (Å²) in [6.45, 7) is 6.00. The number of aliphatic hydroxyl groups excluding tert-OH is 1. The fraction of sp³-hybridized carbons (Fsp3) is 0.538. The lowest BCUT2D eigenvalue weighted by Crippen LogP contribution is -2.36. The fourth-order valence-electron chi connectivity index (χ4n) is 1.65. The van der Waals surface area contributed by atoms with Gasteiger partial charge in [0.1, 0.15) is 5.82 Å². The van der Waals surface area contributed by atoms with Gasteiger partial charge in [0.2, 0.25) is 0 Å². The molecule has 3 atom stereocenters. The van der Waals surface area contributed by atoms with Crippen molar-refractivity contribution in [2.45, 2.75) is 32.9 Å². The van der Waals surface area contributed by atoms with Gasteiger partial charge in [0.05, 0.1) is 0 Å². The molecular weight excluding hydrogens is 285 g/mol. The molecule has 0 fully saturated rings. The Hall–Kier alpha value is -0.450. The van der Waals surface area contributed by atoms with Crippen LogP contribution < -0.4 is 5.32 Å². The molecule has 0 bridgehead atoms. The molecule has 2 N–H and O–H groups in total. The molecule has 1 aromatic carbocycles. The minimum Gasteiger partial charge on any atom is -0.396 e. The van der Waals surface area contributed by atoms with E-state index >= 15 is 0 Å². The molecule has 0 aromatic heterocycles. The largest absolute Gasteiger partial charge is 0.396 e. The lowest BCUT2D eigenvalue weighted by atomic mass is 10.0. The Bertz CT molecular complexity index is 372. The summed E-state index contributed by atoms with van der Waals surface area (Å²) in [4.78, 5) is 0. The van der Waals surface area contributed by atoms with E-state index < -0.39 is 0 Å². The Morgan fingerprint density at radius 2 is 2.00 bits per heavy atom. The topological polar surface area (TPSA) is 32.3 Å². The molecule has 1 rings (SSSR count). The van der Waals surface area contributed by atoms with Crippen molar-refractivity contribution in [3.63, 3.8) is 0 Å². The Morgan fingerprint density at radius 3 is 2.59 bits per heavy atom. The van der Waals surface area contributed by atoms with Crippen molar-refractivity contribution in [1.29, 1.82) is 0 Å². The third-order valence-electron chi connectivity index (χ3n) is 3.08. The Labute approximate surface area is 110 Å². The van der Waals surface area contributed by atoms with Crippen LogP contribution in [0.15, 0.2) is 22.7 Å². The molecule has 0 saturated carbocycles. The number of nitrogens with one attached hydrogen (secondary N) is 1. The average molecular weight is 304 g/mol. The van der Waals surface area contributed by atoms with Gasteiger partial charge in [0.15, 0.2) is 0 Å². The smallest absolute Gasteiger partial charge is 0.128 e. The SMILES string of the molecule is CC(NC(C)C(C)CO)c1cc(Br)ccc1F. The highest BCUT2D eigenvalue weighted by Gasteiger charge is 2.17. The lowest BCUT2D eigenvalue weighted by Gasteiger charge is -2.24. The van der Waals surface area contributed by atoms with Crippen molar-refractivity contribution < 1.29 is 9.50 Å². The van der Waals surface area contributed by atoms with Gasteiger partial charge in [-0.25, -0.2) is 4.39 Å². The van der Waals surface area contributed by atoms with Crippen molar-refractivity contribution in [2.24, 2.45) is 5.92 Å². The molecule has 2 nitrogen and oxygen atoms in total. The molecule has 0 aliphatic heterocycles. The number of hydrogen-bond acceptors (Lipinski definition) is 2. The van der Waals surface area contributed by atoms with Crippen LogP contribution in [0.4, 0.5) is 4.39 Å². The summed E-state index contributed by atoms with van der Waals surface area (Å²) in [5.74, 6) is -0.0651. The van der Waals surface area contributed by atoms with Crippen LogP contribution in [0.1, 0.15) is 32.4 Å². The summed E-state index contributed by atoms with van der Waals surface area (Å²) >= 11 is 3.34. The Kier molecular flexibility index (Phi) is 5.56. The van der Waals surface area contributed by atoms with Crippen molar-refractivity contribution in [3.05, 3.63) is 34.1 Å². The molecule has 0 heterocycles. The predicted molar refractivity (Wildman–Crippen MR) is 71.4 cm³/mol. The van der Waals surface area contributed by atoms with Crippen LogP contribution in [0.5, 0.6) is 0 Å². The highest BCUT2D eigenvalue weighted by Crippen LogP contribution is 2.22. The highest BCUT2D eigenvalue weighted by molar-refractivity contribution is 9.10. The van der Waals surface area contributed by atoms with Gasteiger partial charge in [-0.3, -0.25) is 0 Å². The molecule has 0 spiro atoms. The second-order valence-electron chi connectivity index (χ2n) is 4.50.